The number of nitro groups is 1. The van der Waals surface area contributed by atoms with Gasteiger partial charge in [0.1, 0.15) is 5.56 Å². The van der Waals surface area contributed by atoms with Crippen molar-refractivity contribution in [3.63, 3.8) is 0 Å². The Bertz CT molecular complexity index is 615. The van der Waals surface area contributed by atoms with Crippen molar-refractivity contribution < 1.29 is 24.0 Å². The number of carbonyl (C=O) groups excluding carboxylic acids is 2. The Kier molecular flexibility index (Phi) is 6.31. The van der Waals surface area contributed by atoms with E-state index in [1.807, 2.05) is 0 Å². The second kappa shape index (κ2) is 7.97. The van der Waals surface area contributed by atoms with Gasteiger partial charge in [0.25, 0.3) is 11.6 Å². The number of rotatable bonds is 7. The number of amides is 2. The minimum atomic E-state index is -0.740. The lowest BCUT2D eigenvalue weighted by Crippen LogP contribution is -2.36. The molecule has 1 N–H and O–H groups in total. The van der Waals surface area contributed by atoms with E-state index in [1.165, 1.54) is 32.2 Å². The number of benzene rings is 1. The summed E-state index contributed by atoms with van der Waals surface area (Å²) in [4.78, 5) is 35.4. The van der Waals surface area contributed by atoms with E-state index in [9.17, 15) is 19.7 Å². The summed E-state index contributed by atoms with van der Waals surface area (Å²) in [6, 6.07) is 2.35. The molecule has 23 heavy (non-hydrogen) atoms. The monoisotopic (exact) mass is 325 g/mol. The van der Waals surface area contributed by atoms with E-state index in [1.54, 1.807) is 6.92 Å². The predicted molar refractivity (Wildman–Crippen MR) is 81.8 cm³/mol. The van der Waals surface area contributed by atoms with E-state index in [2.05, 4.69) is 5.32 Å². The minimum absolute atomic E-state index is 0.152. The number of methoxy groups -OCH3 is 1. The molecule has 0 heterocycles. The maximum Gasteiger partial charge on any atom is 0.286 e. The van der Waals surface area contributed by atoms with Gasteiger partial charge in [0.2, 0.25) is 5.91 Å². The van der Waals surface area contributed by atoms with Gasteiger partial charge in [0.05, 0.1) is 31.3 Å². The van der Waals surface area contributed by atoms with Crippen molar-refractivity contribution in [2.45, 2.75) is 6.92 Å². The van der Waals surface area contributed by atoms with Crippen molar-refractivity contribution in [3.05, 3.63) is 27.8 Å². The molecule has 1 aromatic carbocycles. The molecule has 0 fully saturated rings. The molecule has 0 aliphatic heterocycles. The van der Waals surface area contributed by atoms with Crippen LogP contribution in [0.2, 0.25) is 0 Å². The van der Waals surface area contributed by atoms with Crippen LogP contribution >= 0.6 is 0 Å². The molecule has 0 unspecified atom stereocenters. The summed E-state index contributed by atoms with van der Waals surface area (Å²) in [6.45, 7) is 1.77. The second-order valence-electron chi connectivity index (χ2n) is 4.68. The third kappa shape index (κ3) is 4.56. The first-order valence-electron chi connectivity index (χ1n) is 6.79. The van der Waals surface area contributed by atoms with E-state index in [-0.39, 0.29) is 29.5 Å². The zero-order valence-corrected chi connectivity index (χ0v) is 13.4. The van der Waals surface area contributed by atoms with E-state index in [0.29, 0.717) is 6.61 Å². The maximum atomic E-state index is 12.2. The summed E-state index contributed by atoms with van der Waals surface area (Å²) in [7, 11) is 4.42. The van der Waals surface area contributed by atoms with E-state index in [4.69, 9.17) is 9.47 Å². The number of ether oxygens (including phenoxy) is 2. The van der Waals surface area contributed by atoms with Crippen LogP contribution in [-0.4, -0.2) is 56.0 Å². The molecule has 9 nitrogen and oxygen atoms in total. The van der Waals surface area contributed by atoms with Gasteiger partial charge in [0.15, 0.2) is 11.5 Å². The normalized spacial score (nSPS) is 9.91. The molecule has 0 atom stereocenters. The van der Waals surface area contributed by atoms with Crippen LogP contribution in [-0.2, 0) is 4.79 Å². The minimum Gasteiger partial charge on any atom is -0.493 e. The molecule has 1 aromatic rings. The van der Waals surface area contributed by atoms with Gasteiger partial charge >= 0.3 is 0 Å². The fourth-order valence-electron chi connectivity index (χ4n) is 1.72. The third-order valence-corrected chi connectivity index (χ3v) is 2.92. The number of nitrogens with one attached hydrogen (secondary N) is 1. The van der Waals surface area contributed by atoms with Crippen molar-refractivity contribution in [3.8, 4) is 11.5 Å². The van der Waals surface area contributed by atoms with Gasteiger partial charge in [-0.2, -0.15) is 0 Å². The van der Waals surface area contributed by atoms with Crippen molar-refractivity contribution in [1.29, 1.82) is 0 Å². The van der Waals surface area contributed by atoms with Crippen LogP contribution in [0.1, 0.15) is 17.3 Å². The average Bonchev–Trinajstić information content (AvgIpc) is 2.51. The molecule has 1 rings (SSSR count). The summed E-state index contributed by atoms with van der Waals surface area (Å²) < 4.78 is 10.3. The van der Waals surface area contributed by atoms with Crippen LogP contribution in [0.3, 0.4) is 0 Å². The highest BCUT2D eigenvalue weighted by Crippen LogP contribution is 2.34. The molecule has 0 saturated carbocycles. The summed E-state index contributed by atoms with van der Waals surface area (Å²) in [6.07, 6.45) is 0. The van der Waals surface area contributed by atoms with E-state index >= 15 is 0 Å². The van der Waals surface area contributed by atoms with Crippen molar-refractivity contribution in [2.75, 3.05) is 34.4 Å². The van der Waals surface area contributed by atoms with Crippen molar-refractivity contribution in [1.82, 2.24) is 10.2 Å². The molecule has 0 saturated heterocycles. The second-order valence-corrected chi connectivity index (χ2v) is 4.68. The number of likely N-dealkylation sites (N-methyl/N-ethyl adjacent to an activating group) is 1. The highest BCUT2D eigenvalue weighted by Gasteiger charge is 2.25. The lowest BCUT2D eigenvalue weighted by atomic mass is 10.1. The molecule has 0 aromatic heterocycles. The largest absolute Gasteiger partial charge is 0.493 e. The first-order valence-corrected chi connectivity index (χ1v) is 6.79. The van der Waals surface area contributed by atoms with Crippen LogP contribution in [0, 0.1) is 10.1 Å². The smallest absolute Gasteiger partial charge is 0.286 e. The summed E-state index contributed by atoms with van der Waals surface area (Å²) in [5.41, 5.74) is -0.633. The average molecular weight is 325 g/mol. The van der Waals surface area contributed by atoms with Gasteiger partial charge < -0.3 is 19.7 Å². The Morgan fingerprint density at radius 2 is 1.96 bits per heavy atom. The molecular weight excluding hydrogens is 306 g/mol. The quantitative estimate of drug-likeness (QED) is 0.587. The summed E-state index contributed by atoms with van der Waals surface area (Å²) >= 11 is 0. The van der Waals surface area contributed by atoms with Gasteiger partial charge in [-0.3, -0.25) is 19.7 Å². The van der Waals surface area contributed by atoms with Gasteiger partial charge in [-0.25, -0.2) is 0 Å². The lowest BCUT2D eigenvalue weighted by Gasteiger charge is -2.13. The molecule has 0 bridgehead atoms. The van der Waals surface area contributed by atoms with Crippen LogP contribution < -0.4 is 14.8 Å². The number of carbonyl (C=O) groups is 2. The number of nitro benzene ring substituents is 1. The van der Waals surface area contributed by atoms with Gasteiger partial charge in [-0.15, -0.1) is 0 Å². The highest BCUT2D eigenvalue weighted by molar-refractivity contribution is 6.00. The Labute approximate surface area is 133 Å². The molecule has 9 heteroatoms. The molecule has 0 spiro atoms. The SMILES string of the molecule is CCOc1cc(C(=O)NCC(=O)N(C)C)c([N+](=O)[O-])cc1OC. The van der Waals surface area contributed by atoms with Gasteiger partial charge in [-0.05, 0) is 6.92 Å². The Morgan fingerprint density at radius 3 is 2.43 bits per heavy atom. The lowest BCUT2D eigenvalue weighted by molar-refractivity contribution is -0.385. The third-order valence-electron chi connectivity index (χ3n) is 2.92. The first-order chi connectivity index (χ1) is 10.8. The van der Waals surface area contributed by atoms with Crippen molar-refractivity contribution >= 4 is 17.5 Å². The molecule has 0 aliphatic carbocycles. The predicted octanol–water partition coefficient (Wildman–Crippen LogP) is 0.820. The first kappa shape index (κ1) is 18.2. The zero-order valence-electron chi connectivity index (χ0n) is 13.4. The standard InChI is InChI=1S/C14H19N3O6/c1-5-23-12-6-9(10(17(20)21)7-11(12)22-4)14(19)15-8-13(18)16(2)3/h6-7H,5,8H2,1-4H3,(H,15,19). The van der Waals surface area contributed by atoms with E-state index in [0.717, 1.165) is 6.07 Å². The Hall–Kier alpha value is -2.84. The molecular formula is C14H19N3O6. The Balaban J connectivity index is 3.16. The Morgan fingerprint density at radius 1 is 1.30 bits per heavy atom. The zero-order chi connectivity index (χ0) is 17.6. The van der Waals surface area contributed by atoms with Crippen molar-refractivity contribution in [2.24, 2.45) is 0 Å². The summed E-state index contributed by atoms with van der Waals surface area (Å²) in [5, 5.41) is 13.5. The van der Waals surface area contributed by atoms with Crippen LogP contribution in [0.5, 0.6) is 11.5 Å². The highest BCUT2D eigenvalue weighted by atomic mass is 16.6. The molecule has 0 aliphatic rings. The van der Waals surface area contributed by atoms with Crippen LogP contribution in [0.25, 0.3) is 0 Å². The number of hydrogen-bond donors (Lipinski definition) is 1. The number of nitrogens with zero attached hydrogens (tertiary/aromatic N) is 2. The summed E-state index contributed by atoms with van der Waals surface area (Å²) in [5.74, 6) is -0.709. The van der Waals surface area contributed by atoms with Gasteiger partial charge in [0, 0.05) is 20.2 Å². The maximum absolute atomic E-state index is 12.2. The fraction of sp³-hybridized carbons (Fsp3) is 0.429. The molecule has 126 valence electrons. The molecule has 2 amide bonds. The molecule has 0 radical (unpaired) electrons. The van der Waals surface area contributed by atoms with Crippen LogP contribution in [0.4, 0.5) is 5.69 Å². The van der Waals surface area contributed by atoms with E-state index < -0.39 is 16.5 Å². The van der Waals surface area contributed by atoms with Gasteiger partial charge in [-0.1, -0.05) is 0 Å². The number of hydrogen-bond acceptors (Lipinski definition) is 6. The van der Waals surface area contributed by atoms with Crippen LogP contribution in [0.15, 0.2) is 12.1 Å². The topological polar surface area (TPSA) is 111 Å². The fourth-order valence-corrected chi connectivity index (χ4v) is 1.72.